The number of carbonyl (C=O) groups is 3. The minimum Gasteiger partial charge on any atom is -0.507 e. The average molecular weight is 492 g/mol. The van der Waals surface area contributed by atoms with E-state index in [1.807, 2.05) is 0 Å². The van der Waals surface area contributed by atoms with Crippen LogP contribution in [0.4, 0.5) is 5.69 Å². The van der Waals surface area contributed by atoms with Crippen LogP contribution < -0.4 is 9.64 Å². The second-order valence-corrected chi connectivity index (χ2v) is 8.15. The third kappa shape index (κ3) is 4.63. The number of hydrogen-bond acceptors (Lipinski definition) is 6. The Morgan fingerprint density at radius 1 is 0.943 bits per heavy atom. The summed E-state index contributed by atoms with van der Waals surface area (Å²) >= 11 is 5.97. The number of ketones is 1. The van der Waals surface area contributed by atoms with Crippen LogP contribution in [0.2, 0.25) is 5.02 Å². The first-order chi connectivity index (χ1) is 16.8. The van der Waals surface area contributed by atoms with Gasteiger partial charge in [0, 0.05) is 16.3 Å². The van der Waals surface area contributed by atoms with Gasteiger partial charge in [-0.2, -0.15) is 0 Å². The van der Waals surface area contributed by atoms with E-state index < -0.39 is 23.7 Å². The van der Waals surface area contributed by atoms with Gasteiger partial charge >= 0.3 is 5.97 Å². The minimum atomic E-state index is -0.912. The summed E-state index contributed by atoms with van der Waals surface area (Å²) in [6, 6.07) is 18.5. The van der Waals surface area contributed by atoms with Crippen LogP contribution in [0.1, 0.15) is 34.5 Å². The maximum atomic E-state index is 13.2. The van der Waals surface area contributed by atoms with Crippen molar-refractivity contribution in [2.45, 2.75) is 13.0 Å². The molecule has 0 radical (unpaired) electrons. The van der Waals surface area contributed by atoms with E-state index in [9.17, 15) is 19.5 Å². The predicted molar refractivity (Wildman–Crippen MR) is 132 cm³/mol. The number of methoxy groups -OCH3 is 1. The molecule has 8 heteroatoms. The number of rotatable bonds is 6. The number of aliphatic hydroxyl groups excluding tert-OH is 1. The Labute approximate surface area is 207 Å². The lowest BCUT2D eigenvalue weighted by molar-refractivity contribution is -0.132. The highest BCUT2D eigenvalue weighted by molar-refractivity contribution is 6.51. The molecule has 178 valence electrons. The average Bonchev–Trinajstić information content (AvgIpc) is 3.14. The van der Waals surface area contributed by atoms with Gasteiger partial charge in [0.25, 0.3) is 11.7 Å². The summed E-state index contributed by atoms with van der Waals surface area (Å²) < 4.78 is 10.2. The Balaban J connectivity index is 1.85. The molecule has 0 bridgehead atoms. The van der Waals surface area contributed by atoms with E-state index in [4.69, 9.17) is 21.1 Å². The molecule has 3 aromatic carbocycles. The van der Waals surface area contributed by atoms with Crippen LogP contribution in [0.15, 0.2) is 78.4 Å². The molecule has 0 aliphatic carbocycles. The fourth-order valence-corrected chi connectivity index (χ4v) is 4.06. The smallest absolute Gasteiger partial charge is 0.338 e. The zero-order valence-corrected chi connectivity index (χ0v) is 19.8. The minimum absolute atomic E-state index is 0.0584. The van der Waals surface area contributed by atoms with Crippen molar-refractivity contribution >= 4 is 40.7 Å². The molecule has 35 heavy (non-hydrogen) atoms. The van der Waals surface area contributed by atoms with E-state index in [1.165, 1.54) is 24.1 Å². The molecule has 1 amide bonds. The normalized spacial score (nSPS) is 16.9. The molecule has 0 spiro atoms. The SMILES string of the molecule is CCOC(=O)c1ccc(N2C(=O)C(=O)/C(=C(/O)c3ccc(Cl)cc3)[C@H]2c2ccc(OC)cc2)cc1. The number of nitrogens with zero attached hydrogens (tertiary/aromatic N) is 1. The number of esters is 1. The third-order valence-electron chi connectivity index (χ3n) is 5.65. The van der Waals surface area contributed by atoms with Gasteiger partial charge in [-0.3, -0.25) is 14.5 Å². The molecule has 0 unspecified atom stereocenters. The summed E-state index contributed by atoms with van der Waals surface area (Å²) in [5.41, 5.74) is 1.58. The third-order valence-corrected chi connectivity index (χ3v) is 5.90. The van der Waals surface area contributed by atoms with Crippen LogP contribution in [0.25, 0.3) is 5.76 Å². The first-order valence-electron chi connectivity index (χ1n) is 10.8. The molecular weight excluding hydrogens is 470 g/mol. The van der Waals surface area contributed by atoms with Gasteiger partial charge in [-0.25, -0.2) is 4.79 Å². The Hall–Kier alpha value is -4.10. The van der Waals surface area contributed by atoms with Gasteiger partial charge in [-0.15, -0.1) is 0 Å². The number of aliphatic hydroxyl groups is 1. The van der Waals surface area contributed by atoms with E-state index in [0.717, 1.165) is 0 Å². The van der Waals surface area contributed by atoms with Gasteiger partial charge in [0.2, 0.25) is 0 Å². The highest BCUT2D eigenvalue weighted by Gasteiger charge is 2.47. The zero-order valence-electron chi connectivity index (χ0n) is 19.0. The van der Waals surface area contributed by atoms with Crippen molar-refractivity contribution in [3.63, 3.8) is 0 Å². The molecule has 1 aliphatic heterocycles. The van der Waals surface area contributed by atoms with E-state index in [2.05, 4.69) is 0 Å². The maximum Gasteiger partial charge on any atom is 0.338 e. The fourth-order valence-electron chi connectivity index (χ4n) is 3.94. The lowest BCUT2D eigenvalue weighted by Gasteiger charge is -2.25. The van der Waals surface area contributed by atoms with Crippen molar-refractivity contribution in [2.75, 3.05) is 18.6 Å². The van der Waals surface area contributed by atoms with Crippen molar-refractivity contribution in [1.82, 2.24) is 0 Å². The summed E-state index contributed by atoms with van der Waals surface area (Å²) in [7, 11) is 1.53. The molecule has 1 saturated heterocycles. The lowest BCUT2D eigenvalue weighted by Crippen LogP contribution is -2.29. The second kappa shape index (κ2) is 10.0. The van der Waals surface area contributed by atoms with E-state index in [1.54, 1.807) is 67.6 Å². The predicted octanol–water partition coefficient (Wildman–Crippen LogP) is 5.15. The number of ether oxygens (including phenoxy) is 2. The number of hydrogen-bond donors (Lipinski definition) is 1. The van der Waals surface area contributed by atoms with Crippen molar-refractivity contribution < 1.29 is 29.0 Å². The Bertz CT molecular complexity index is 1300. The Morgan fingerprint density at radius 2 is 1.54 bits per heavy atom. The van der Waals surface area contributed by atoms with Crippen LogP contribution in [0, 0.1) is 0 Å². The summed E-state index contributed by atoms with van der Waals surface area (Å²) in [5.74, 6) is -1.83. The van der Waals surface area contributed by atoms with Gasteiger partial charge in [-0.05, 0) is 73.2 Å². The van der Waals surface area contributed by atoms with Crippen LogP contribution >= 0.6 is 11.6 Å². The Morgan fingerprint density at radius 3 is 2.11 bits per heavy atom. The Kier molecular flexibility index (Phi) is 6.89. The molecule has 1 fully saturated rings. The van der Waals surface area contributed by atoms with E-state index in [0.29, 0.717) is 33.1 Å². The molecule has 1 N–H and O–H groups in total. The molecule has 1 aliphatic rings. The molecule has 7 nitrogen and oxygen atoms in total. The maximum absolute atomic E-state index is 13.2. The molecule has 1 atom stereocenters. The van der Waals surface area contributed by atoms with Crippen molar-refractivity contribution in [3.05, 3.63) is 100 Å². The van der Waals surface area contributed by atoms with Crippen LogP contribution in [0.5, 0.6) is 5.75 Å². The van der Waals surface area contributed by atoms with Gasteiger partial charge in [-0.1, -0.05) is 23.7 Å². The second-order valence-electron chi connectivity index (χ2n) is 7.72. The number of amides is 1. The molecule has 3 aromatic rings. The van der Waals surface area contributed by atoms with Crippen molar-refractivity contribution in [3.8, 4) is 5.75 Å². The van der Waals surface area contributed by atoms with Gasteiger partial charge in [0.05, 0.1) is 30.9 Å². The largest absolute Gasteiger partial charge is 0.507 e. The number of Topliss-reactive ketones (excluding diaryl/α,β-unsaturated/α-hetero) is 1. The van der Waals surface area contributed by atoms with Crippen LogP contribution in [-0.4, -0.2) is 36.5 Å². The molecule has 1 heterocycles. The van der Waals surface area contributed by atoms with Gasteiger partial charge in [0.1, 0.15) is 11.5 Å². The number of anilines is 1. The monoisotopic (exact) mass is 491 g/mol. The summed E-state index contributed by atoms with van der Waals surface area (Å²) in [4.78, 5) is 39.8. The summed E-state index contributed by atoms with van der Waals surface area (Å²) in [6.07, 6.45) is 0. The fraction of sp³-hybridized carbons (Fsp3) is 0.148. The quantitative estimate of drug-likeness (QED) is 0.222. The first-order valence-corrected chi connectivity index (χ1v) is 11.2. The van der Waals surface area contributed by atoms with E-state index >= 15 is 0 Å². The van der Waals surface area contributed by atoms with Gasteiger partial charge in [0.15, 0.2) is 0 Å². The van der Waals surface area contributed by atoms with Crippen molar-refractivity contribution in [1.29, 1.82) is 0 Å². The highest BCUT2D eigenvalue weighted by atomic mass is 35.5. The number of halogens is 1. The highest BCUT2D eigenvalue weighted by Crippen LogP contribution is 2.42. The van der Waals surface area contributed by atoms with Crippen LogP contribution in [0.3, 0.4) is 0 Å². The number of carbonyl (C=O) groups excluding carboxylic acids is 3. The van der Waals surface area contributed by atoms with Crippen LogP contribution in [-0.2, 0) is 14.3 Å². The van der Waals surface area contributed by atoms with Gasteiger partial charge < -0.3 is 14.6 Å². The first kappa shape index (κ1) is 24.0. The molecular formula is C27H22ClNO6. The summed E-state index contributed by atoms with van der Waals surface area (Å²) in [6.45, 7) is 1.94. The number of benzene rings is 3. The molecule has 0 aromatic heterocycles. The van der Waals surface area contributed by atoms with E-state index in [-0.39, 0.29) is 17.9 Å². The standard InChI is InChI=1S/C27H22ClNO6/c1-3-35-27(33)18-6-12-20(13-7-18)29-23(16-8-14-21(34-2)15-9-16)22(25(31)26(29)32)24(30)17-4-10-19(28)11-5-17/h4-15,23,30H,3H2,1-2H3/b24-22+/t23-/m1/s1. The topological polar surface area (TPSA) is 93.1 Å². The summed E-state index contributed by atoms with van der Waals surface area (Å²) in [5, 5.41) is 11.6. The van der Waals surface area contributed by atoms with Crippen molar-refractivity contribution in [2.24, 2.45) is 0 Å². The lowest BCUT2D eigenvalue weighted by atomic mass is 9.95. The zero-order chi connectivity index (χ0) is 25.1. The molecule has 4 rings (SSSR count). The molecule has 0 saturated carbocycles.